The van der Waals surface area contributed by atoms with Crippen molar-refractivity contribution < 1.29 is 9.53 Å². The van der Waals surface area contributed by atoms with Crippen LogP contribution in [0.15, 0.2) is 0 Å². The van der Waals surface area contributed by atoms with Gasteiger partial charge in [0.25, 0.3) is 0 Å². The van der Waals surface area contributed by atoms with Gasteiger partial charge in [-0.05, 0) is 63.6 Å². The van der Waals surface area contributed by atoms with Gasteiger partial charge in [-0.1, -0.05) is 6.92 Å². The Kier molecular flexibility index (Phi) is 6.93. The SMILES string of the molecule is CCCN1CCC(CNC(=O)C(N)C2CCOCC2)CC1. The van der Waals surface area contributed by atoms with E-state index in [0.29, 0.717) is 5.92 Å². The first-order valence-corrected chi connectivity index (χ1v) is 8.54. The molecule has 0 aromatic heterocycles. The average Bonchev–Trinajstić information content (AvgIpc) is 2.54. The van der Waals surface area contributed by atoms with Crippen LogP contribution < -0.4 is 11.1 Å². The number of rotatable bonds is 6. The van der Waals surface area contributed by atoms with Gasteiger partial charge in [0.05, 0.1) is 6.04 Å². The number of carbonyl (C=O) groups excluding carboxylic acids is 1. The minimum absolute atomic E-state index is 0.0258. The van der Waals surface area contributed by atoms with E-state index in [0.717, 1.165) is 32.6 Å². The molecule has 5 heteroatoms. The highest BCUT2D eigenvalue weighted by atomic mass is 16.5. The van der Waals surface area contributed by atoms with E-state index in [1.54, 1.807) is 0 Å². The number of carbonyl (C=O) groups is 1. The minimum atomic E-state index is -0.367. The maximum Gasteiger partial charge on any atom is 0.237 e. The molecule has 2 heterocycles. The van der Waals surface area contributed by atoms with E-state index in [-0.39, 0.29) is 17.9 Å². The van der Waals surface area contributed by atoms with Crippen molar-refractivity contribution in [2.75, 3.05) is 39.4 Å². The number of hydrogen-bond acceptors (Lipinski definition) is 4. The predicted octanol–water partition coefficient (Wildman–Crippen LogP) is 0.979. The number of nitrogens with one attached hydrogen (secondary N) is 1. The number of piperidine rings is 1. The molecule has 122 valence electrons. The molecule has 0 spiro atoms. The Bertz CT molecular complexity index is 311. The zero-order chi connectivity index (χ0) is 15.1. The summed E-state index contributed by atoms with van der Waals surface area (Å²) in [4.78, 5) is 14.7. The molecule has 0 bridgehead atoms. The highest BCUT2D eigenvalue weighted by molar-refractivity contribution is 5.81. The van der Waals surface area contributed by atoms with E-state index in [9.17, 15) is 4.79 Å². The maximum atomic E-state index is 12.2. The van der Waals surface area contributed by atoms with E-state index in [1.807, 2.05) is 0 Å². The van der Waals surface area contributed by atoms with Crippen molar-refractivity contribution in [3.05, 3.63) is 0 Å². The van der Waals surface area contributed by atoms with Crippen LogP contribution in [-0.2, 0) is 9.53 Å². The molecule has 2 rings (SSSR count). The van der Waals surface area contributed by atoms with Gasteiger partial charge < -0.3 is 20.7 Å². The van der Waals surface area contributed by atoms with Gasteiger partial charge in [0.1, 0.15) is 0 Å². The quantitative estimate of drug-likeness (QED) is 0.767. The molecule has 0 aromatic carbocycles. The van der Waals surface area contributed by atoms with Gasteiger partial charge in [-0.3, -0.25) is 4.79 Å². The molecule has 5 nitrogen and oxygen atoms in total. The minimum Gasteiger partial charge on any atom is -0.381 e. The summed E-state index contributed by atoms with van der Waals surface area (Å²) in [6.07, 6.45) is 5.41. The molecule has 0 radical (unpaired) electrons. The van der Waals surface area contributed by atoms with E-state index in [4.69, 9.17) is 10.5 Å². The standard InChI is InChI=1S/C16H31N3O2/c1-2-7-19-8-3-13(4-9-19)12-18-16(20)15(17)14-5-10-21-11-6-14/h13-15H,2-12,17H2,1H3,(H,18,20). The summed E-state index contributed by atoms with van der Waals surface area (Å²) >= 11 is 0. The fourth-order valence-electron chi connectivity index (χ4n) is 3.38. The van der Waals surface area contributed by atoms with Crippen LogP contribution in [-0.4, -0.2) is 56.2 Å². The smallest absolute Gasteiger partial charge is 0.237 e. The van der Waals surface area contributed by atoms with Gasteiger partial charge in [-0.2, -0.15) is 0 Å². The molecule has 0 aliphatic carbocycles. The second-order valence-electron chi connectivity index (χ2n) is 6.51. The summed E-state index contributed by atoms with van der Waals surface area (Å²) < 4.78 is 5.32. The fourth-order valence-corrected chi connectivity index (χ4v) is 3.38. The Morgan fingerprint density at radius 1 is 1.29 bits per heavy atom. The van der Waals surface area contributed by atoms with Crippen molar-refractivity contribution in [3.63, 3.8) is 0 Å². The van der Waals surface area contributed by atoms with Gasteiger partial charge in [0.2, 0.25) is 5.91 Å². The van der Waals surface area contributed by atoms with Crippen LogP contribution in [0.3, 0.4) is 0 Å². The third kappa shape index (κ3) is 5.24. The molecule has 1 amide bonds. The van der Waals surface area contributed by atoms with Crippen molar-refractivity contribution >= 4 is 5.91 Å². The van der Waals surface area contributed by atoms with Crippen molar-refractivity contribution in [2.24, 2.45) is 17.6 Å². The van der Waals surface area contributed by atoms with Crippen molar-refractivity contribution in [2.45, 2.75) is 45.1 Å². The first kappa shape index (κ1) is 16.7. The van der Waals surface area contributed by atoms with Gasteiger partial charge in [-0.25, -0.2) is 0 Å². The fraction of sp³-hybridized carbons (Fsp3) is 0.938. The van der Waals surface area contributed by atoms with Crippen molar-refractivity contribution in [1.29, 1.82) is 0 Å². The Balaban J connectivity index is 1.64. The second-order valence-corrected chi connectivity index (χ2v) is 6.51. The van der Waals surface area contributed by atoms with Crippen LogP contribution in [0, 0.1) is 11.8 Å². The third-order valence-corrected chi connectivity index (χ3v) is 4.89. The van der Waals surface area contributed by atoms with Gasteiger partial charge in [0, 0.05) is 19.8 Å². The number of nitrogens with two attached hydrogens (primary N) is 1. The van der Waals surface area contributed by atoms with Crippen molar-refractivity contribution in [3.8, 4) is 0 Å². The van der Waals surface area contributed by atoms with Crippen molar-refractivity contribution in [1.82, 2.24) is 10.2 Å². The monoisotopic (exact) mass is 297 g/mol. The molecule has 0 saturated carbocycles. The molecule has 0 aromatic rings. The molecular formula is C16H31N3O2. The highest BCUT2D eigenvalue weighted by Gasteiger charge is 2.27. The summed E-state index contributed by atoms with van der Waals surface area (Å²) in [7, 11) is 0. The zero-order valence-electron chi connectivity index (χ0n) is 13.4. The lowest BCUT2D eigenvalue weighted by molar-refractivity contribution is -0.124. The number of hydrogen-bond donors (Lipinski definition) is 2. The molecule has 2 aliphatic rings. The van der Waals surface area contributed by atoms with Crippen LogP contribution >= 0.6 is 0 Å². The number of ether oxygens (including phenoxy) is 1. The summed E-state index contributed by atoms with van der Waals surface area (Å²) in [6, 6.07) is -0.367. The number of amides is 1. The van der Waals surface area contributed by atoms with Gasteiger partial charge in [0.15, 0.2) is 0 Å². The first-order valence-electron chi connectivity index (χ1n) is 8.54. The molecule has 1 atom stereocenters. The average molecular weight is 297 g/mol. The van der Waals surface area contributed by atoms with Crippen LogP contribution in [0.5, 0.6) is 0 Å². The Morgan fingerprint density at radius 2 is 1.95 bits per heavy atom. The first-order chi connectivity index (χ1) is 10.2. The largest absolute Gasteiger partial charge is 0.381 e. The maximum absolute atomic E-state index is 12.2. The Hall–Kier alpha value is -0.650. The summed E-state index contributed by atoms with van der Waals surface area (Å²) in [5, 5.41) is 3.07. The van der Waals surface area contributed by atoms with Crippen LogP contribution in [0.4, 0.5) is 0 Å². The summed E-state index contributed by atoms with van der Waals surface area (Å²) in [5.74, 6) is 0.923. The highest BCUT2D eigenvalue weighted by Crippen LogP contribution is 2.19. The van der Waals surface area contributed by atoms with E-state index < -0.39 is 0 Å². The lowest BCUT2D eigenvalue weighted by Gasteiger charge is -2.32. The second kappa shape index (κ2) is 8.71. The molecule has 2 aliphatic heterocycles. The summed E-state index contributed by atoms with van der Waals surface area (Å²) in [5.41, 5.74) is 6.09. The van der Waals surface area contributed by atoms with Crippen LogP contribution in [0.25, 0.3) is 0 Å². The Morgan fingerprint density at radius 3 is 2.57 bits per heavy atom. The molecule has 1 unspecified atom stereocenters. The number of likely N-dealkylation sites (tertiary alicyclic amines) is 1. The van der Waals surface area contributed by atoms with Crippen LogP contribution in [0.1, 0.15) is 39.0 Å². The Labute approximate surface area is 128 Å². The van der Waals surface area contributed by atoms with E-state index >= 15 is 0 Å². The lowest BCUT2D eigenvalue weighted by Crippen LogP contribution is -2.48. The molecule has 21 heavy (non-hydrogen) atoms. The normalized spacial score (nSPS) is 23.9. The molecular weight excluding hydrogens is 266 g/mol. The summed E-state index contributed by atoms with van der Waals surface area (Å²) in [6.45, 7) is 8.03. The third-order valence-electron chi connectivity index (χ3n) is 4.89. The molecule has 2 fully saturated rings. The van der Waals surface area contributed by atoms with Gasteiger partial charge >= 0.3 is 0 Å². The number of nitrogens with zero attached hydrogens (tertiary/aromatic N) is 1. The predicted molar refractivity (Wildman–Crippen MR) is 84.0 cm³/mol. The molecule has 3 N–H and O–H groups in total. The van der Waals surface area contributed by atoms with Gasteiger partial charge in [-0.15, -0.1) is 0 Å². The molecule has 2 saturated heterocycles. The van der Waals surface area contributed by atoms with E-state index in [1.165, 1.54) is 38.9 Å². The lowest BCUT2D eigenvalue weighted by atomic mass is 9.91. The zero-order valence-corrected chi connectivity index (χ0v) is 13.4. The van der Waals surface area contributed by atoms with E-state index in [2.05, 4.69) is 17.1 Å². The topological polar surface area (TPSA) is 67.6 Å². The van der Waals surface area contributed by atoms with Crippen LogP contribution in [0.2, 0.25) is 0 Å².